The van der Waals surface area contributed by atoms with E-state index in [-0.39, 0.29) is 54.0 Å². The van der Waals surface area contributed by atoms with Crippen LogP contribution in [0.15, 0.2) is 60.7 Å². The molecule has 0 unspecified atom stereocenters. The number of aromatic carboxylic acids is 1. The number of imide groups is 1. The van der Waals surface area contributed by atoms with Crippen LogP contribution < -0.4 is 10.6 Å². The third-order valence-electron chi connectivity index (χ3n) is 13.1. The summed E-state index contributed by atoms with van der Waals surface area (Å²) in [5.41, 5.74) is 1.99. The highest BCUT2D eigenvalue weighted by atomic mass is 16.5. The first-order valence-electron chi connectivity index (χ1n) is 23.5. The fourth-order valence-electron chi connectivity index (χ4n) is 9.55. The second-order valence-corrected chi connectivity index (χ2v) is 18.6. The minimum Gasteiger partial charge on any atom is -0.481 e. The topological polar surface area (TPSA) is 195 Å². The van der Waals surface area contributed by atoms with Crippen molar-refractivity contribution in [2.45, 2.75) is 136 Å². The van der Waals surface area contributed by atoms with E-state index in [9.17, 15) is 33.9 Å². The quantitative estimate of drug-likeness (QED) is 0.0817. The molecule has 1 fully saturated rings. The van der Waals surface area contributed by atoms with E-state index in [4.69, 9.17) is 14.6 Å². The number of carboxylic acids is 2. The highest BCUT2D eigenvalue weighted by Crippen LogP contribution is 2.31. The van der Waals surface area contributed by atoms with Gasteiger partial charge in [0.05, 0.1) is 54.3 Å². The molecule has 4 amide bonds. The van der Waals surface area contributed by atoms with Crippen molar-refractivity contribution in [2.75, 3.05) is 41.4 Å². The number of methoxy groups -OCH3 is 2. The Morgan fingerprint density at radius 1 is 0.848 bits per heavy atom. The fraction of sp³-hybridized carbons (Fsp3) is 0.608. The van der Waals surface area contributed by atoms with Crippen molar-refractivity contribution in [2.24, 2.45) is 23.7 Å². The zero-order valence-electron chi connectivity index (χ0n) is 41.1. The zero-order chi connectivity index (χ0) is 49.2. The predicted molar refractivity (Wildman–Crippen MR) is 256 cm³/mol. The molecule has 3 rings (SSSR count). The maximum absolute atomic E-state index is 14.5. The molecule has 15 heteroatoms. The third-order valence-corrected chi connectivity index (χ3v) is 13.1. The monoisotopic (exact) mass is 920 g/mol. The lowest BCUT2D eigenvalue weighted by atomic mass is 9.87. The molecule has 1 aliphatic rings. The normalized spacial score (nSPS) is 17.9. The van der Waals surface area contributed by atoms with Crippen molar-refractivity contribution < 1.29 is 48.5 Å². The second-order valence-electron chi connectivity index (χ2n) is 18.6. The molecule has 9 atom stereocenters. The molecule has 0 aromatic heterocycles. The molecule has 0 bridgehead atoms. The van der Waals surface area contributed by atoms with Crippen LogP contribution in [0.25, 0.3) is 6.08 Å². The number of hydrogen-bond donors (Lipinski definition) is 4. The number of nitrogens with zero attached hydrogens (tertiary/aromatic N) is 3. The number of aliphatic carboxylic acids is 1. The molecule has 0 radical (unpaired) electrons. The SMILES string of the molecule is CC[C@H](C)[C@@H]([C@@H](CC(=O)N1CCC[C@H]1[C@H](OC)[C@@H](C)C(=O)N[C@H](/C=C/c1ccc(C(=O)O)cc1)Cc1ccccc1)OC)N(C)[C@H](C(=O)NC(=O)[C@H](C(C)C)N(C)CCCC(=O)O)C(C)C. The predicted octanol–water partition coefficient (Wildman–Crippen LogP) is 6.01. The van der Waals surface area contributed by atoms with E-state index in [1.807, 2.05) is 101 Å². The van der Waals surface area contributed by atoms with Gasteiger partial charge in [-0.2, -0.15) is 0 Å². The molecule has 0 spiro atoms. The Morgan fingerprint density at radius 3 is 2.02 bits per heavy atom. The average molecular weight is 920 g/mol. The highest BCUT2D eigenvalue weighted by Gasteiger charge is 2.44. The van der Waals surface area contributed by atoms with Gasteiger partial charge in [-0.25, -0.2) is 4.79 Å². The van der Waals surface area contributed by atoms with Crippen LogP contribution in [0.3, 0.4) is 0 Å². The van der Waals surface area contributed by atoms with E-state index in [2.05, 4.69) is 17.6 Å². The highest BCUT2D eigenvalue weighted by molar-refractivity contribution is 6.00. The summed E-state index contributed by atoms with van der Waals surface area (Å²) in [4.78, 5) is 84.5. The summed E-state index contributed by atoms with van der Waals surface area (Å²) in [6.07, 6.45) is 5.49. The van der Waals surface area contributed by atoms with Gasteiger partial charge in [-0.1, -0.05) is 110 Å². The van der Waals surface area contributed by atoms with Gasteiger partial charge in [-0.15, -0.1) is 0 Å². The number of hydrogen-bond acceptors (Lipinski definition) is 10. The minimum absolute atomic E-state index is 0.0165. The number of nitrogens with one attached hydrogen (secondary N) is 2. The van der Waals surface area contributed by atoms with Crippen LogP contribution in [0.1, 0.15) is 108 Å². The minimum atomic E-state index is -1.01. The van der Waals surface area contributed by atoms with Crippen molar-refractivity contribution in [3.05, 3.63) is 77.4 Å². The number of likely N-dealkylation sites (N-methyl/N-ethyl adjacent to an activating group) is 2. The Kier molecular flexibility index (Phi) is 22.7. The Balaban J connectivity index is 1.81. The van der Waals surface area contributed by atoms with Gasteiger partial charge < -0.3 is 29.9 Å². The lowest BCUT2D eigenvalue weighted by Gasteiger charge is -2.43. The first-order valence-corrected chi connectivity index (χ1v) is 23.5. The van der Waals surface area contributed by atoms with E-state index in [1.165, 1.54) is 12.1 Å². The van der Waals surface area contributed by atoms with Gasteiger partial charge in [0.15, 0.2) is 0 Å². The van der Waals surface area contributed by atoms with Crippen molar-refractivity contribution >= 4 is 41.6 Å². The van der Waals surface area contributed by atoms with Crippen molar-refractivity contribution in [1.82, 2.24) is 25.3 Å². The molecule has 1 saturated heterocycles. The van der Waals surface area contributed by atoms with Gasteiger partial charge in [-0.3, -0.25) is 39.1 Å². The summed E-state index contributed by atoms with van der Waals surface area (Å²) in [6.45, 7) is 14.4. The van der Waals surface area contributed by atoms with Crippen LogP contribution >= 0.6 is 0 Å². The molecular formula is C51H77N5O10. The molecule has 15 nitrogen and oxygen atoms in total. The van der Waals surface area contributed by atoms with E-state index < -0.39 is 66.0 Å². The summed E-state index contributed by atoms with van der Waals surface area (Å²) in [5.74, 6) is -4.24. The third kappa shape index (κ3) is 15.8. The molecule has 1 heterocycles. The molecule has 2 aromatic carbocycles. The van der Waals surface area contributed by atoms with Crippen LogP contribution in [-0.4, -0.2) is 144 Å². The summed E-state index contributed by atoms with van der Waals surface area (Å²) in [6, 6.07) is 13.7. The van der Waals surface area contributed by atoms with E-state index in [0.717, 1.165) is 24.0 Å². The summed E-state index contributed by atoms with van der Waals surface area (Å²) < 4.78 is 12.2. The molecule has 4 N–H and O–H groups in total. The zero-order valence-corrected chi connectivity index (χ0v) is 41.1. The number of likely N-dealkylation sites (tertiary alicyclic amines) is 1. The maximum Gasteiger partial charge on any atom is 0.335 e. The van der Waals surface area contributed by atoms with Gasteiger partial charge >= 0.3 is 11.9 Å². The number of amides is 4. The molecule has 1 aliphatic heterocycles. The molecule has 66 heavy (non-hydrogen) atoms. The van der Waals surface area contributed by atoms with E-state index in [0.29, 0.717) is 32.4 Å². The Morgan fingerprint density at radius 2 is 1.47 bits per heavy atom. The molecule has 0 saturated carbocycles. The largest absolute Gasteiger partial charge is 0.481 e. The molecule has 2 aromatic rings. The second kappa shape index (κ2) is 27.0. The van der Waals surface area contributed by atoms with E-state index in [1.54, 1.807) is 38.3 Å². The van der Waals surface area contributed by atoms with Crippen LogP contribution in [0, 0.1) is 23.7 Å². The van der Waals surface area contributed by atoms with Gasteiger partial charge in [-0.05, 0) is 87.3 Å². The Bertz CT molecular complexity index is 1910. The van der Waals surface area contributed by atoms with Gasteiger partial charge in [0, 0.05) is 33.2 Å². The van der Waals surface area contributed by atoms with Crippen LogP contribution in [-0.2, 0) is 39.9 Å². The Hall–Kier alpha value is -4.96. The summed E-state index contributed by atoms with van der Waals surface area (Å²) >= 11 is 0. The number of benzene rings is 2. The Labute approximate surface area is 392 Å². The number of carbonyl (C=O) groups is 6. The van der Waals surface area contributed by atoms with Crippen LogP contribution in [0.2, 0.25) is 0 Å². The number of carbonyl (C=O) groups excluding carboxylic acids is 4. The van der Waals surface area contributed by atoms with Crippen molar-refractivity contribution in [1.29, 1.82) is 0 Å². The summed E-state index contributed by atoms with van der Waals surface area (Å²) in [7, 11) is 6.73. The average Bonchev–Trinajstić information content (AvgIpc) is 3.75. The first-order chi connectivity index (χ1) is 31.2. The molecule has 366 valence electrons. The molecular weight excluding hydrogens is 843 g/mol. The number of carboxylic acid groups (broad SMARTS) is 2. The van der Waals surface area contributed by atoms with Crippen LogP contribution in [0.5, 0.6) is 0 Å². The van der Waals surface area contributed by atoms with Crippen LogP contribution in [0.4, 0.5) is 0 Å². The molecule has 0 aliphatic carbocycles. The summed E-state index contributed by atoms with van der Waals surface area (Å²) in [5, 5.41) is 24.3. The van der Waals surface area contributed by atoms with Crippen molar-refractivity contribution in [3.8, 4) is 0 Å². The lowest BCUT2D eigenvalue weighted by Crippen LogP contribution is -2.60. The van der Waals surface area contributed by atoms with E-state index >= 15 is 0 Å². The lowest BCUT2D eigenvalue weighted by molar-refractivity contribution is -0.144. The smallest absolute Gasteiger partial charge is 0.335 e. The van der Waals surface area contributed by atoms with Gasteiger partial charge in [0.2, 0.25) is 23.6 Å². The fourth-order valence-corrected chi connectivity index (χ4v) is 9.55. The first kappa shape index (κ1) is 55.4. The van der Waals surface area contributed by atoms with Gasteiger partial charge in [0.1, 0.15) is 0 Å². The number of ether oxygens (including phenoxy) is 2. The standard InChI is InChI=1S/C51H77N5O10/c1-12-34(6)46(55(9)45(33(4)5)50(62)53-49(61)44(32(2)3)54(8)28-17-21-43(58)59)41(65-10)31-42(57)56-29-16-20-40(56)47(66-11)35(7)48(60)52-39(30-37-18-14-13-15-19-37)27-24-36-22-25-38(26-23-36)51(63)64/h13-15,18-19,22-27,32-35,39-41,44-47H,12,16-17,20-21,28-31H2,1-11H3,(H,52,60)(H,58,59)(H,63,64)(H,53,61,62)/b27-24+/t34-,35+,39+,40-,41+,44-,45-,46-,47+/m0/s1. The maximum atomic E-state index is 14.5. The number of rotatable bonds is 27. The van der Waals surface area contributed by atoms with Crippen molar-refractivity contribution in [3.63, 3.8) is 0 Å². The van der Waals surface area contributed by atoms with Gasteiger partial charge in [0.25, 0.3) is 0 Å².